The van der Waals surface area contributed by atoms with Crippen molar-refractivity contribution in [2.24, 2.45) is 5.73 Å². The van der Waals surface area contributed by atoms with Crippen molar-refractivity contribution in [1.29, 1.82) is 0 Å². The standard InChI is InChI=1S/C19H21F3N2O2.ClH/c1-2-17(23)18(25)24-11-13-7-9-15(10-8-13)26-12-14-5-3-4-6-16(14)19(20,21)22;/h3-10,17H,2,11-12,23H2,1H3,(H,24,25);1H/t17-;/m1./s1. The van der Waals surface area contributed by atoms with E-state index in [9.17, 15) is 18.0 Å². The maximum atomic E-state index is 13.0. The fourth-order valence-electron chi connectivity index (χ4n) is 2.29. The number of nitrogens with two attached hydrogens (primary N) is 1. The van der Waals surface area contributed by atoms with E-state index in [0.29, 0.717) is 18.7 Å². The number of amides is 1. The number of ether oxygens (including phenoxy) is 1. The molecular weight excluding hydrogens is 381 g/mol. The van der Waals surface area contributed by atoms with Crippen molar-refractivity contribution in [3.05, 3.63) is 65.2 Å². The number of carbonyl (C=O) groups is 1. The number of alkyl halides is 3. The highest BCUT2D eigenvalue weighted by Gasteiger charge is 2.32. The molecule has 0 spiro atoms. The van der Waals surface area contributed by atoms with Gasteiger partial charge < -0.3 is 15.8 Å². The second kappa shape index (κ2) is 10.2. The molecule has 0 fully saturated rings. The average molecular weight is 403 g/mol. The average Bonchev–Trinajstić information content (AvgIpc) is 2.64. The number of hydrogen-bond donors (Lipinski definition) is 2. The Labute approximate surface area is 162 Å². The van der Waals surface area contributed by atoms with Crippen molar-refractivity contribution in [1.82, 2.24) is 5.32 Å². The zero-order valence-corrected chi connectivity index (χ0v) is 15.6. The van der Waals surface area contributed by atoms with E-state index in [0.717, 1.165) is 11.6 Å². The minimum Gasteiger partial charge on any atom is -0.489 e. The molecule has 1 atom stereocenters. The van der Waals surface area contributed by atoms with Gasteiger partial charge in [0.05, 0.1) is 11.6 Å². The SMILES string of the molecule is CC[C@@H](N)C(=O)NCc1ccc(OCc2ccccc2C(F)(F)F)cc1.Cl. The van der Waals surface area contributed by atoms with Crippen molar-refractivity contribution in [2.75, 3.05) is 0 Å². The van der Waals surface area contributed by atoms with E-state index in [1.807, 2.05) is 6.92 Å². The van der Waals surface area contributed by atoms with Gasteiger partial charge in [0, 0.05) is 12.1 Å². The highest BCUT2D eigenvalue weighted by Crippen LogP contribution is 2.32. The maximum Gasteiger partial charge on any atom is 0.416 e. The van der Waals surface area contributed by atoms with E-state index in [4.69, 9.17) is 10.5 Å². The molecule has 148 valence electrons. The van der Waals surface area contributed by atoms with Crippen LogP contribution >= 0.6 is 12.4 Å². The third-order valence-electron chi connectivity index (χ3n) is 3.88. The molecule has 3 N–H and O–H groups in total. The van der Waals surface area contributed by atoms with E-state index in [1.54, 1.807) is 30.3 Å². The first-order valence-electron chi connectivity index (χ1n) is 8.21. The van der Waals surface area contributed by atoms with Crippen molar-refractivity contribution in [3.63, 3.8) is 0 Å². The normalized spacial score (nSPS) is 12.0. The monoisotopic (exact) mass is 402 g/mol. The smallest absolute Gasteiger partial charge is 0.416 e. The Morgan fingerprint density at radius 2 is 1.78 bits per heavy atom. The summed E-state index contributed by atoms with van der Waals surface area (Å²) in [6.07, 6.45) is -3.86. The molecule has 4 nitrogen and oxygen atoms in total. The maximum absolute atomic E-state index is 13.0. The molecule has 2 aromatic rings. The summed E-state index contributed by atoms with van der Waals surface area (Å²) in [5, 5.41) is 2.72. The molecule has 27 heavy (non-hydrogen) atoms. The molecule has 0 bridgehead atoms. The van der Waals surface area contributed by atoms with Gasteiger partial charge in [0.25, 0.3) is 0 Å². The lowest BCUT2D eigenvalue weighted by molar-refractivity contribution is -0.138. The van der Waals surface area contributed by atoms with E-state index < -0.39 is 17.8 Å². The van der Waals surface area contributed by atoms with Gasteiger partial charge in [-0.05, 0) is 30.2 Å². The summed E-state index contributed by atoms with van der Waals surface area (Å²) in [6.45, 7) is 1.97. The van der Waals surface area contributed by atoms with Crippen LogP contribution in [0.1, 0.15) is 30.0 Å². The molecule has 0 radical (unpaired) electrons. The van der Waals surface area contributed by atoms with Crippen LogP contribution < -0.4 is 15.8 Å². The Balaban J connectivity index is 0.00000364. The molecule has 0 aliphatic rings. The third kappa shape index (κ3) is 6.77. The van der Waals surface area contributed by atoms with Crippen molar-refractivity contribution in [2.45, 2.75) is 38.7 Å². The van der Waals surface area contributed by atoms with Crippen molar-refractivity contribution < 1.29 is 22.7 Å². The van der Waals surface area contributed by atoms with Gasteiger partial charge >= 0.3 is 6.18 Å². The number of nitrogens with one attached hydrogen (secondary N) is 1. The molecule has 2 rings (SSSR count). The van der Waals surface area contributed by atoms with Crippen molar-refractivity contribution in [3.8, 4) is 5.75 Å². The molecule has 0 aromatic heterocycles. The van der Waals surface area contributed by atoms with Gasteiger partial charge in [0.2, 0.25) is 5.91 Å². The number of rotatable bonds is 7. The highest BCUT2D eigenvalue weighted by molar-refractivity contribution is 5.85. The Kier molecular flexibility index (Phi) is 8.59. The number of hydrogen-bond acceptors (Lipinski definition) is 3. The minimum absolute atomic E-state index is 0. The van der Waals surface area contributed by atoms with Crippen LogP contribution in [0.2, 0.25) is 0 Å². The number of benzene rings is 2. The van der Waals surface area contributed by atoms with Gasteiger partial charge in [-0.15, -0.1) is 12.4 Å². The molecule has 0 saturated carbocycles. The van der Waals surface area contributed by atoms with Gasteiger partial charge in [0.15, 0.2) is 0 Å². The highest BCUT2D eigenvalue weighted by atomic mass is 35.5. The number of carbonyl (C=O) groups excluding carboxylic acids is 1. The fourth-order valence-corrected chi connectivity index (χ4v) is 2.29. The lowest BCUT2D eigenvalue weighted by Gasteiger charge is -2.14. The first-order valence-corrected chi connectivity index (χ1v) is 8.21. The predicted molar refractivity (Wildman–Crippen MR) is 99.6 cm³/mol. The Hall–Kier alpha value is -2.25. The quantitative estimate of drug-likeness (QED) is 0.734. The summed E-state index contributed by atoms with van der Waals surface area (Å²) in [7, 11) is 0. The minimum atomic E-state index is -4.42. The lowest BCUT2D eigenvalue weighted by Crippen LogP contribution is -2.39. The Bertz CT molecular complexity index is 736. The molecule has 0 unspecified atom stereocenters. The second-order valence-corrected chi connectivity index (χ2v) is 5.82. The van der Waals surface area contributed by atoms with Crippen LogP contribution in [-0.4, -0.2) is 11.9 Å². The molecule has 0 heterocycles. The molecule has 8 heteroatoms. The number of halogens is 4. The van der Waals surface area contributed by atoms with Gasteiger partial charge in [0.1, 0.15) is 12.4 Å². The van der Waals surface area contributed by atoms with Gasteiger partial charge in [-0.25, -0.2) is 0 Å². The summed E-state index contributed by atoms with van der Waals surface area (Å²) < 4.78 is 44.3. The molecule has 1 amide bonds. The fraction of sp³-hybridized carbons (Fsp3) is 0.316. The topological polar surface area (TPSA) is 64.4 Å². The van der Waals surface area contributed by atoms with E-state index in [-0.39, 0.29) is 30.5 Å². The van der Waals surface area contributed by atoms with Gasteiger partial charge in [-0.3, -0.25) is 4.79 Å². The van der Waals surface area contributed by atoms with E-state index >= 15 is 0 Å². The first-order chi connectivity index (χ1) is 12.3. The summed E-state index contributed by atoms with van der Waals surface area (Å²) >= 11 is 0. The summed E-state index contributed by atoms with van der Waals surface area (Å²) in [4.78, 5) is 11.6. The van der Waals surface area contributed by atoms with Crippen LogP contribution in [0.4, 0.5) is 13.2 Å². The zero-order chi connectivity index (χ0) is 19.2. The molecule has 0 saturated heterocycles. The Morgan fingerprint density at radius 1 is 1.15 bits per heavy atom. The molecular formula is C19H22ClF3N2O2. The summed E-state index contributed by atoms with van der Waals surface area (Å²) in [5.41, 5.74) is 5.84. The third-order valence-corrected chi connectivity index (χ3v) is 3.88. The second-order valence-electron chi connectivity index (χ2n) is 5.82. The van der Waals surface area contributed by atoms with Crippen LogP contribution in [0.25, 0.3) is 0 Å². The van der Waals surface area contributed by atoms with Crippen LogP contribution in [0.3, 0.4) is 0 Å². The largest absolute Gasteiger partial charge is 0.489 e. The molecule has 2 aromatic carbocycles. The summed E-state index contributed by atoms with van der Waals surface area (Å²) in [6, 6.07) is 11.6. The molecule has 0 aliphatic carbocycles. The van der Waals surface area contributed by atoms with Gasteiger partial charge in [-0.1, -0.05) is 37.3 Å². The van der Waals surface area contributed by atoms with E-state index in [2.05, 4.69) is 5.32 Å². The first kappa shape index (κ1) is 22.8. The van der Waals surface area contributed by atoms with E-state index in [1.165, 1.54) is 12.1 Å². The zero-order valence-electron chi connectivity index (χ0n) is 14.8. The summed E-state index contributed by atoms with van der Waals surface area (Å²) in [5.74, 6) is 0.221. The van der Waals surface area contributed by atoms with Crippen LogP contribution in [0.15, 0.2) is 48.5 Å². The van der Waals surface area contributed by atoms with Crippen LogP contribution in [0, 0.1) is 0 Å². The molecule has 0 aliphatic heterocycles. The van der Waals surface area contributed by atoms with Crippen LogP contribution in [-0.2, 0) is 24.1 Å². The predicted octanol–water partition coefficient (Wildman–Crippen LogP) is 4.06. The van der Waals surface area contributed by atoms with Gasteiger partial charge in [-0.2, -0.15) is 13.2 Å². The van der Waals surface area contributed by atoms with Crippen LogP contribution in [0.5, 0.6) is 5.75 Å². The Morgan fingerprint density at radius 3 is 2.37 bits per heavy atom. The van der Waals surface area contributed by atoms with Crippen molar-refractivity contribution >= 4 is 18.3 Å². The lowest BCUT2D eigenvalue weighted by atomic mass is 10.1.